The zero-order chi connectivity index (χ0) is 25.5. The summed E-state index contributed by atoms with van der Waals surface area (Å²) in [5, 5.41) is 0. The summed E-state index contributed by atoms with van der Waals surface area (Å²) in [6.07, 6.45) is -2.48. The first-order chi connectivity index (χ1) is 16.5. The Morgan fingerprint density at radius 3 is 2.31 bits per heavy atom. The molecular formula is C26H27F4NO3S. The van der Waals surface area contributed by atoms with E-state index >= 15 is 0 Å². The number of sulfone groups is 1. The molecule has 3 aromatic rings. The molecule has 0 heterocycles. The van der Waals surface area contributed by atoms with E-state index in [2.05, 4.69) is 0 Å². The maximum Gasteiger partial charge on any atom is 0.419 e. The molecule has 0 aliphatic heterocycles. The van der Waals surface area contributed by atoms with Crippen LogP contribution in [0.3, 0.4) is 0 Å². The molecule has 9 heteroatoms. The van der Waals surface area contributed by atoms with Gasteiger partial charge in [-0.1, -0.05) is 48.5 Å². The van der Waals surface area contributed by atoms with Gasteiger partial charge in [-0.25, -0.2) is 12.8 Å². The summed E-state index contributed by atoms with van der Waals surface area (Å²) < 4.78 is 83.1. The Hall–Kier alpha value is -2.91. The van der Waals surface area contributed by atoms with E-state index in [0.717, 1.165) is 17.9 Å². The standard InChI is InChI=1S/C26H27F4NO3S/c1-35(32,33)23-12-6-11-22(18-23)34-17-7-15-31(16-14-20-8-3-2-4-9-20)19-21-10-5-13-24(25(21)27)26(28,29)30/h2-6,8-13,18H,7,14-17,19H2,1H3. The van der Waals surface area contributed by atoms with Gasteiger partial charge in [0.2, 0.25) is 0 Å². The molecule has 0 spiro atoms. The van der Waals surface area contributed by atoms with Crippen molar-refractivity contribution in [1.82, 2.24) is 4.90 Å². The Kier molecular flexibility index (Phi) is 8.91. The second-order valence-electron chi connectivity index (χ2n) is 8.24. The molecule has 0 aliphatic rings. The molecule has 0 saturated carbocycles. The summed E-state index contributed by atoms with van der Waals surface area (Å²) in [6, 6.07) is 19.1. The van der Waals surface area contributed by atoms with Crippen LogP contribution in [0, 0.1) is 5.82 Å². The minimum absolute atomic E-state index is 0.0188. The Bertz CT molecular complexity index is 1210. The monoisotopic (exact) mass is 509 g/mol. The molecule has 0 aromatic heterocycles. The van der Waals surface area contributed by atoms with Gasteiger partial charge in [0.25, 0.3) is 0 Å². The van der Waals surface area contributed by atoms with Crippen LogP contribution in [0.1, 0.15) is 23.1 Å². The van der Waals surface area contributed by atoms with Crippen LogP contribution in [0.4, 0.5) is 17.6 Å². The molecule has 188 valence electrons. The minimum Gasteiger partial charge on any atom is -0.494 e. The van der Waals surface area contributed by atoms with Crippen molar-refractivity contribution in [1.29, 1.82) is 0 Å². The van der Waals surface area contributed by atoms with E-state index in [4.69, 9.17) is 4.74 Å². The second kappa shape index (κ2) is 11.7. The van der Waals surface area contributed by atoms with Crippen molar-refractivity contribution in [3.8, 4) is 5.75 Å². The average molecular weight is 510 g/mol. The lowest BCUT2D eigenvalue weighted by molar-refractivity contribution is -0.140. The van der Waals surface area contributed by atoms with Crippen molar-refractivity contribution < 1.29 is 30.7 Å². The lowest BCUT2D eigenvalue weighted by Crippen LogP contribution is -2.28. The highest BCUT2D eigenvalue weighted by Gasteiger charge is 2.34. The molecule has 0 saturated heterocycles. The van der Waals surface area contributed by atoms with Crippen LogP contribution in [-0.4, -0.2) is 39.3 Å². The molecule has 0 unspecified atom stereocenters. The van der Waals surface area contributed by atoms with Crippen molar-refractivity contribution in [2.24, 2.45) is 0 Å². The van der Waals surface area contributed by atoms with Gasteiger partial charge in [-0.05, 0) is 42.7 Å². The van der Waals surface area contributed by atoms with Crippen molar-refractivity contribution in [2.45, 2.75) is 30.5 Å². The molecular weight excluding hydrogens is 482 g/mol. The van der Waals surface area contributed by atoms with Crippen LogP contribution in [-0.2, 0) is 29.0 Å². The molecule has 3 rings (SSSR count). The number of alkyl halides is 3. The summed E-state index contributed by atoms with van der Waals surface area (Å²) in [4.78, 5) is 2.04. The van der Waals surface area contributed by atoms with Crippen LogP contribution in [0.25, 0.3) is 0 Å². The topological polar surface area (TPSA) is 46.6 Å². The number of ether oxygens (including phenoxy) is 1. The van der Waals surface area contributed by atoms with Gasteiger partial charge in [0.15, 0.2) is 9.84 Å². The molecule has 0 radical (unpaired) electrons. The largest absolute Gasteiger partial charge is 0.494 e. The van der Waals surface area contributed by atoms with Crippen molar-refractivity contribution in [3.63, 3.8) is 0 Å². The minimum atomic E-state index is -4.76. The van der Waals surface area contributed by atoms with E-state index in [1.54, 1.807) is 12.1 Å². The maximum atomic E-state index is 14.6. The third-order valence-corrected chi connectivity index (χ3v) is 6.57. The maximum absolute atomic E-state index is 14.6. The predicted octanol–water partition coefficient (Wildman–Crippen LogP) is 5.76. The van der Waals surface area contributed by atoms with Crippen LogP contribution in [0.5, 0.6) is 5.75 Å². The Morgan fingerprint density at radius 2 is 1.63 bits per heavy atom. The zero-order valence-corrected chi connectivity index (χ0v) is 20.1. The van der Waals surface area contributed by atoms with E-state index in [1.165, 1.54) is 24.3 Å². The highest BCUT2D eigenvalue weighted by Crippen LogP contribution is 2.32. The van der Waals surface area contributed by atoms with Gasteiger partial charge < -0.3 is 4.74 Å². The molecule has 35 heavy (non-hydrogen) atoms. The average Bonchev–Trinajstić information content (AvgIpc) is 2.81. The summed E-state index contributed by atoms with van der Waals surface area (Å²) >= 11 is 0. The fraction of sp³-hybridized carbons (Fsp3) is 0.308. The van der Waals surface area contributed by atoms with Crippen molar-refractivity contribution in [3.05, 3.63) is 95.3 Å². The van der Waals surface area contributed by atoms with Crippen LogP contribution >= 0.6 is 0 Å². The Balaban J connectivity index is 1.66. The van der Waals surface area contributed by atoms with E-state index in [1.807, 2.05) is 35.2 Å². The van der Waals surface area contributed by atoms with Crippen LogP contribution in [0.15, 0.2) is 77.7 Å². The molecule has 0 aliphatic carbocycles. The molecule has 0 amide bonds. The lowest BCUT2D eigenvalue weighted by Gasteiger charge is -2.23. The second-order valence-corrected chi connectivity index (χ2v) is 10.3. The number of halogens is 4. The van der Waals surface area contributed by atoms with Gasteiger partial charge in [-0.3, -0.25) is 4.90 Å². The van der Waals surface area contributed by atoms with Gasteiger partial charge >= 0.3 is 6.18 Å². The number of hydrogen-bond donors (Lipinski definition) is 0. The number of nitrogens with zero attached hydrogens (tertiary/aromatic N) is 1. The fourth-order valence-corrected chi connectivity index (χ4v) is 4.29. The van der Waals surface area contributed by atoms with E-state index in [0.29, 0.717) is 31.7 Å². The van der Waals surface area contributed by atoms with E-state index in [9.17, 15) is 26.0 Å². The van der Waals surface area contributed by atoms with Crippen molar-refractivity contribution in [2.75, 3.05) is 26.0 Å². The predicted molar refractivity (Wildman–Crippen MR) is 126 cm³/mol. The lowest BCUT2D eigenvalue weighted by atomic mass is 10.1. The third-order valence-electron chi connectivity index (χ3n) is 5.46. The summed E-state index contributed by atoms with van der Waals surface area (Å²) in [6.45, 7) is 1.25. The van der Waals surface area contributed by atoms with Crippen LogP contribution in [0.2, 0.25) is 0 Å². The first-order valence-corrected chi connectivity index (χ1v) is 13.0. The summed E-state index contributed by atoms with van der Waals surface area (Å²) in [5.41, 5.74) is -0.224. The van der Waals surface area contributed by atoms with Gasteiger partial charge in [-0.2, -0.15) is 13.2 Å². The van der Waals surface area contributed by atoms with Crippen molar-refractivity contribution >= 4 is 9.84 Å². The first-order valence-electron chi connectivity index (χ1n) is 11.1. The highest BCUT2D eigenvalue weighted by molar-refractivity contribution is 7.90. The summed E-state index contributed by atoms with van der Waals surface area (Å²) in [7, 11) is -3.36. The third kappa shape index (κ3) is 8.07. The van der Waals surface area contributed by atoms with Gasteiger partial charge in [-0.15, -0.1) is 0 Å². The van der Waals surface area contributed by atoms with Crippen LogP contribution < -0.4 is 4.74 Å². The number of benzene rings is 3. The smallest absolute Gasteiger partial charge is 0.419 e. The Morgan fingerprint density at radius 1 is 0.914 bits per heavy atom. The zero-order valence-electron chi connectivity index (χ0n) is 19.3. The highest BCUT2D eigenvalue weighted by atomic mass is 32.2. The summed E-state index contributed by atoms with van der Waals surface area (Å²) in [5.74, 6) is -0.841. The number of hydrogen-bond acceptors (Lipinski definition) is 4. The molecule has 0 atom stereocenters. The van der Waals surface area contributed by atoms with Gasteiger partial charge in [0.1, 0.15) is 11.6 Å². The number of rotatable bonds is 11. The fourth-order valence-electron chi connectivity index (χ4n) is 3.64. The van der Waals surface area contributed by atoms with Gasteiger partial charge in [0, 0.05) is 31.5 Å². The molecule has 4 nitrogen and oxygen atoms in total. The molecule has 3 aromatic carbocycles. The SMILES string of the molecule is CS(=O)(=O)c1cccc(OCCCN(CCc2ccccc2)Cc2cccc(C(F)(F)F)c2F)c1. The molecule has 0 fully saturated rings. The van der Waals surface area contributed by atoms with E-state index < -0.39 is 27.4 Å². The quantitative estimate of drug-likeness (QED) is 0.244. The van der Waals surface area contributed by atoms with E-state index in [-0.39, 0.29) is 23.6 Å². The van der Waals surface area contributed by atoms with Gasteiger partial charge in [0.05, 0.1) is 17.1 Å². The normalized spacial score (nSPS) is 12.2. The Labute approximate surface area is 203 Å². The molecule has 0 bridgehead atoms. The molecule has 0 N–H and O–H groups in total. The first kappa shape index (κ1) is 26.7.